The summed E-state index contributed by atoms with van der Waals surface area (Å²) in [5.74, 6) is -0.0747. The van der Waals surface area contributed by atoms with E-state index in [0.717, 1.165) is 19.4 Å². The fourth-order valence-electron chi connectivity index (χ4n) is 2.21. The summed E-state index contributed by atoms with van der Waals surface area (Å²) >= 11 is 1.37. The lowest BCUT2D eigenvalue weighted by Crippen LogP contribution is -2.40. The van der Waals surface area contributed by atoms with Crippen molar-refractivity contribution >= 4 is 22.2 Å². The van der Waals surface area contributed by atoms with Gasteiger partial charge in [-0.15, -0.1) is 11.3 Å². The van der Waals surface area contributed by atoms with Gasteiger partial charge in [0.1, 0.15) is 11.1 Å². The SMILES string of the molecule is N#Cc1ccsc1NC(=O)CN1CCCC1CN. The highest BCUT2D eigenvalue weighted by Gasteiger charge is 2.25. The number of hydrogen-bond donors (Lipinski definition) is 2. The molecule has 18 heavy (non-hydrogen) atoms. The lowest BCUT2D eigenvalue weighted by molar-refractivity contribution is -0.117. The first-order valence-electron chi connectivity index (χ1n) is 5.96. The minimum Gasteiger partial charge on any atom is -0.329 e. The molecule has 0 saturated carbocycles. The van der Waals surface area contributed by atoms with Gasteiger partial charge in [-0.3, -0.25) is 9.69 Å². The van der Waals surface area contributed by atoms with Crippen LogP contribution < -0.4 is 11.1 Å². The first-order chi connectivity index (χ1) is 8.74. The number of nitrogens with one attached hydrogen (secondary N) is 1. The molecular formula is C12H16N4OS. The summed E-state index contributed by atoms with van der Waals surface area (Å²) < 4.78 is 0. The highest BCUT2D eigenvalue weighted by Crippen LogP contribution is 2.22. The molecule has 0 aromatic carbocycles. The van der Waals surface area contributed by atoms with Gasteiger partial charge in [-0.2, -0.15) is 5.26 Å². The van der Waals surface area contributed by atoms with Crippen LogP contribution in [0.1, 0.15) is 18.4 Å². The van der Waals surface area contributed by atoms with E-state index in [-0.39, 0.29) is 5.91 Å². The Hall–Kier alpha value is -1.42. The average molecular weight is 264 g/mol. The molecule has 1 aromatic rings. The Morgan fingerprint density at radius 1 is 1.72 bits per heavy atom. The summed E-state index contributed by atoms with van der Waals surface area (Å²) in [6, 6.07) is 4.08. The summed E-state index contributed by atoms with van der Waals surface area (Å²) in [7, 11) is 0. The van der Waals surface area contributed by atoms with E-state index in [9.17, 15) is 4.79 Å². The molecule has 5 nitrogen and oxygen atoms in total. The third-order valence-corrected chi connectivity index (χ3v) is 3.99. The number of carbonyl (C=O) groups excluding carboxylic acids is 1. The maximum absolute atomic E-state index is 11.9. The van der Waals surface area contributed by atoms with E-state index < -0.39 is 0 Å². The van der Waals surface area contributed by atoms with Crippen molar-refractivity contribution < 1.29 is 4.79 Å². The van der Waals surface area contributed by atoms with Gasteiger partial charge in [0.05, 0.1) is 12.1 Å². The van der Waals surface area contributed by atoms with Crippen LogP contribution >= 0.6 is 11.3 Å². The third-order valence-electron chi connectivity index (χ3n) is 3.16. The van der Waals surface area contributed by atoms with Gasteiger partial charge in [-0.1, -0.05) is 0 Å². The number of hydrogen-bond acceptors (Lipinski definition) is 5. The zero-order chi connectivity index (χ0) is 13.0. The Kier molecular flexibility index (Phi) is 4.31. The molecule has 3 N–H and O–H groups in total. The van der Waals surface area contributed by atoms with E-state index in [4.69, 9.17) is 11.0 Å². The molecule has 1 aliphatic heterocycles. The summed E-state index contributed by atoms with van der Waals surface area (Å²) in [5.41, 5.74) is 6.19. The second-order valence-electron chi connectivity index (χ2n) is 4.33. The third kappa shape index (κ3) is 2.88. The fourth-order valence-corrected chi connectivity index (χ4v) is 2.97. The highest BCUT2D eigenvalue weighted by atomic mass is 32.1. The molecule has 2 heterocycles. The molecule has 1 aromatic heterocycles. The van der Waals surface area contributed by atoms with Crippen LogP contribution in [0.3, 0.4) is 0 Å². The molecule has 0 radical (unpaired) electrons. The zero-order valence-electron chi connectivity index (χ0n) is 10.1. The van der Waals surface area contributed by atoms with E-state index in [1.54, 1.807) is 11.4 Å². The number of anilines is 1. The maximum atomic E-state index is 11.9. The predicted molar refractivity (Wildman–Crippen MR) is 71.3 cm³/mol. The van der Waals surface area contributed by atoms with Crippen LogP contribution in [0.2, 0.25) is 0 Å². The second kappa shape index (κ2) is 5.96. The minimum atomic E-state index is -0.0747. The number of nitriles is 1. The van der Waals surface area contributed by atoms with Crippen molar-refractivity contribution in [2.75, 3.05) is 25.0 Å². The van der Waals surface area contributed by atoms with Crippen molar-refractivity contribution in [2.24, 2.45) is 5.73 Å². The fraction of sp³-hybridized carbons (Fsp3) is 0.500. The van der Waals surface area contributed by atoms with Crippen molar-refractivity contribution in [3.8, 4) is 6.07 Å². The van der Waals surface area contributed by atoms with Crippen LogP contribution in [0.25, 0.3) is 0 Å². The van der Waals surface area contributed by atoms with Gasteiger partial charge in [0.15, 0.2) is 0 Å². The van der Waals surface area contributed by atoms with Crippen LogP contribution in [0, 0.1) is 11.3 Å². The van der Waals surface area contributed by atoms with Crippen molar-refractivity contribution in [2.45, 2.75) is 18.9 Å². The van der Waals surface area contributed by atoms with Crippen molar-refractivity contribution in [3.05, 3.63) is 17.0 Å². The number of thiophene rings is 1. The van der Waals surface area contributed by atoms with Gasteiger partial charge in [0.25, 0.3) is 0 Å². The Balaban J connectivity index is 1.91. The Morgan fingerprint density at radius 2 is 2.56 bits per heavy atom. The smallest absolute Gasteiger partial charge is 0.239 e. The van der Waals surface area contributed by atoms with Gasteiger partial charge in [-0.25, -0.2) is 0 Å². The molecule has 1 amide bonds. The first-order valence-corrected chi connectivity index (χ1v) is 6.84. The molecule has 0 spiro atoms. The number of likely N-dealkylation sites (tertiary alicyclic amines) is 1. The molecule has 96 valence electrons. The van der Waals surface area contributed by atoms with Gasteiger partial charge in [0, 0.05) is 12.6 Å². The molecule has 1 aliphatic rings. The molecule has 0 bridgehead atoms. The standard InChI is InChI=1S/C12H16N4OS/c13-6-9-3-5-18-12(9)15-11(17)8-16-4-1-2-10(16)7-14/h3,5,10H,1-2,4,7-8,14H2,(H,15,17). The van der Waals surface area contributed by atoms with Crippen molar-refractivity contribution in [1.29, 1.82) is 5.26 Å². The first kappa shape index (κ1) is 13.0. The van der Waals surface area contributed by atoms with Crippen LogP contribution in [0.5, 0.6) is 0 Å². The second-order valence-corrected chi connectivity index (χ2v) is 5.24. The van der Waals surface area contributed by atoms with Gasteiger partial charge < -0.3 is 11.1 Å². The summed E-state index contributed by atoms with van der Waals surface area (Å²) in [6.07, 6.45) is 2.16. The largest absolute Gasteiger partial charge is 0.329 e. The molecular weight excluding hydrogens is 248 g/mol. The van der Waals surface area contributed by atoms with E-state index in [0.29, 0.717) is 29.7 Å². The summed E-state index contributed by atoms with van der Waals surface area (Å²) in [4.78, 5) is 14.0. The van der Waals surface area contributed by atoms with Crippen molar-refractivity contribution in [3.63, 3.8) is 0 Å². The highest BCUT2D eigenvalue weighted by molar-refractivity contribution is 7.14. The zero-order valence-corrected chi connectivity index (χ0v) is 10.9. The molecule has 2 rings (SSSR count). The van der Waals surface area contributed by atoms with E-state index in [1.165, 1.54) is 11.3 Å². The lowest BCUT2D eigenvalue weighted by Gasteiger charge is -2.22. The normalized spacial score (nSPS) is 19.7. The molecule has 0 aliphatic carbocycles. The van der Waals surface area contributed by atoms with Gasteiger partial charge in [-0.05, 0) is 30.8 Å². The quantitative estimate of drug-likeness (QED) is 0.849. The van der Waals surface area contributed by atoms with Crippen LogP contribution in [-0.4, -0.2) is 36.5 Å². The Labute approximate surface area is 110 Å². The number of carbonyl (C=O) groups is 1. The van der Waals surface area contributed by atoms with Crippen LogP contribution in [-0.2, 0) is 4.79 Å². The molecule has 1 unspecified atom stereocenters. The minimum absolute atomic E-state index is 0.0747. The molecule has 6 heteroatoms. The molecule has 1 saturated heterocycles. The van der Waals surface area contributed by atoms with E-state index in [2.05, 4.69) is 16.3 Å². The number of nitrogens with two attached hydrogens (primary N) is 1. The summed E-state index contributed by atoms with van der Waals surface area (Å²) in [5, 5.41) is 14.1. The maximum Gasteiger partial charge on any atom is 0.239 e. The van der Waals surface area contributed by atoms with Gasteiger partial charge >= 0.3 is 0 Å². The average Bonchev–Trinajstić information content (AvgIpc) is 2.97. The van der Waals surface area contributed by atoms with E-state index in [1.807, 2.05) is 0 Å². The van der Waals surface area contributed by atoms with Gasteiger partial charge in [0.2, 0.25) is 5.91 Å². The van der Waals surface area contributed by atoms with Crippen LogP contribution in [0.4, 0.5) is 5.00 Å². The molecule has 1 fully saturated rings. The number of nitrogens with zero attached hydrogens (tertiary/aromatic N) is 2. The Morgan fingerprint density at radius 3 is 3.28 bits per heavy atom. The van der Waals surface area contributed by atoms with Crippen molar-refractivity contribution in [1.82, 2.24) is 4.90 Å². The lowest BCUT2D eigenvalue weighted by atomic mass is 10.2. The number of amides is 1. The monoisotopic (exact) mass is 264 g/mol. The Bertz CT molecular complexity index is 465. The molecule has 1 atom stereocenters. The number of rotatable bonds is 4. The topological polar surface area (TPSA) is 82.2 Å². The van der Waals surface area contributed by atoms with Crippen LogP contribution in [0.15, 0.2) is 11.4 Å². The van der Waals surface area contributed by atoms with E-state index >= 15 is 0 Å². The summed E-state index contributed by atoms with van der Waals surface area (Å²) in [6.45, 7) is 1.87. The predicted octanol–water partition coefficient (Wildman–Crippen LogP) is 0.981.